The average Bonchev–Trinajstić information content (AvgIpc) is 2.83. The SMILES string of the molecule is Cc1ccc(NC(=S)Nc2nc3cc(C)c(C)cc3s2)cc1. The van der Waals surface area contributed by atoms with Gasteiger partial charge >= 0.3 is 0 Å². The van der Waals surface area contributed by atoms with E-state index in [4.69, 9.17) is 12.2 Å². The van der Waals surface area contributed by atoms with Crippen LogP contribution in [0.1, 0.15) is 16.7 Å². The molecule has 2 aromatic carbocycles. The maximum atomic E-state index is 5.35. The van der Waals surface area contributed by atoms with Crippen molar-refractivity contribution in [2.75, 3.05) is 10.6 Å². The monoisotopic (exact) mass is 327 g/mol. The Morgan fingerprint density at radius 1 is 1.00 bits per heavy atom. The fourth-order valence-corrected chi connectivity index (χ4v) is 3.36. The standard InChI is InChI=1S/C17H17N3S2/c1-10-4-6-13(7-5-10)18-16(21)20-17-19-14-8-11(2)12(3)9-15(14)22-17/h4-9H,1-3H3,(H2,18,19,20,21). The molecule has 0 aliphatic heterocycles. The Bertz CT molecular complexity index is 796. The number of hydrogen-bond donors (Lipinski definition) is 2. The van der Waals surface area contributed by atoms with E-state index >= 15 is 0 Å². The molecule has 3 nitrogen and oxygen atoms in total. The Hall–Kier alpha value is -1.98. The molecule has 2 N–H and O–H groups in total. The third-order valence-electron chi connectivity index (χ3n) is 3.53. The third kappa shape index (κ3) is 3.26. The van der Waals surface area contributed by atoms with Crippen molar-refractivity contribution in [1.29, 1.82) is 0 Å². The number of aryl methyl sites for hydroxylation is 3. The van der Waals surface area contributed by atoms with Crippen LogP contribution < -0.4 is 10.6 Å². The molecule has 3 rings (SSSR count). The van der Waals surface area contributed by atoms with Crippen LogP contribution in [0.25, 0.3) is 10.2 Å². The molecule has 0 amide bonds. The summed E-state index contributed by atoms with van der Waals surface area (Å²) in [4.78, 5) is 4.59. The normalized spacial score (nSPS) is 10.7. The van der Waals surface area contributed by atoms with Crippen molar-refractivity contribution in [3.63, 3.8) is 0 Å². The van der Waals surface area contributed by atoms with E-state index in [0.717, 1.165) is 16.3 Å². The number of hydrogen-bond acceptors (Lipinski definition) is 3. The minimum atomic E-state index is 0.552. The van der Waals surface area contributed by atoms with Gasteiger partial charge in [-0.05, 0) is 68.4 Å². The zero-order valence-corrected chi connectivity index (χ0v) is 14.4. The second kappa shape index (κ2) is 6.02. The number of anilines is 2. The maximum Gasteiger partial charge on any atom is 0.190 e. The summed E-state index contributed by atoms with van der Waals surface area (Å²) in [6.07, 6.45) is 0. The van der Waals surface area contributed by atoms with Crippen molar-refractivity contribution in [3.8, 4) is 0 Å². The van der Waals surface area contributed by atoms with E-state index in [2.05, 4.69) is 48.5 Å². The molecule has 1 heterocycles. The van der Waals surface area contributed by atoms with Crippen LogP contribution >= 0.6 is 23.6 Å². The van der Waals surface area contributed by atoms with Crippen LogP contribution in [0.2, 0.25) is 0 Å². The summed E-state index contributed by atoms with van der Waals surface area (Å²) in [5.74, 6) is 0. The summed E-state index contributed by atoms with van der Waals surface area (Å²) in [7, 11) is 0. The number of aromatic nitrogens is 1. The first kappa shape index (κ1) is 14.9. The molecule has 22 heavy (non-hydrogen) atoms. The predicted molar refractivity (Wildman–Crippen MR) is 100 cm³/mol. The van der Waals surface area contributed by atoms with Gasteiger partial charge < -0.3 is 10.6 Å². The topological polar surface area (TPSA) is 37.0 Å². The van der Waals surface area contributed by atoms with Crippen LogP contribution in [0.15, 0.2) is 36.4 Å². The quantitative estimate of drug-likeness (QED) is 0.647. The average molecular weight is 327 g/mol. The van der Waals surface area contributed by atoms with Gasteiger partial charge in [-0.15, -0.1) is 0 Å². The molecule has 0 unspecified atom stereocenters. The molecule has 112 valence electrons. The lowest BCUT2D eigenvalue weighted by atomic mass is 10.1. The molecule has 1 aromatic heterocycles. The van der Waals surface area contributed by atoms with Crippen molar-refractivity contribution in [2.45, 2.75) is 20.8 Å². The molecule has 0 atom stereocenters. The summed E-state index contributed by atoms with van der Waals surface area (Å²) in [6.45, 7) is 6.28. The zero-order chi connectivity index (χ0) is 15.7. The Morgan fingerprint density at radius 2 is 1.68 bits per heavy atom. The molecule has 0 fully saturated rings. The van der Waals surface area contributed by atoms with Gasteiger partial charge in [0.1, 0.15) is 0 Å². The maximum absolute atomic E-state index is 5.35. The fraction of sp³-hybridized carbons (Fsp3) is 0.176. The highest BCUT2D eigenvalue weighted by Gasteiger charge is 2.07. The second-order valence-corrected chi connectivity index (χ2v) is 6.81. The van der Waals surface area contributed by atoms with Crippen molar-refractivity contribution in [2.24, 2.45) is 0 Å². The second-order valence-electron chi connectivity index (χ2n) is 5.37. The molecule has 0 spiro atoms. The van der Waals surface area contributed by atoms with Crippen LogP contribution in [-0.2, 0) is 0 Å². The molecule has 0 saturated carbocycles. The van der Waals surface area contributed by atoms with Crippen molar-refractivity contribution < 1.29 is 0 Å². The van der Waals surface area contributed by atoms with E-state index in [1.807, 2.05) is 24.3 Å². The van der Waals surface area contributed by atoms with Gasteiger partial charge in [-0.2, -0.15) is 0 Å². The van der Waals surface area contributed by atoms with Gasteiger partial charge in [0.2, 0.25) is 0 Å². The molecule has 3 aromatic rings. The van der Waals surface area contributed by atoms with Gasteiger partial charge in [0.05, 0.1) is 10.2 Å². The van der Waals surface area contributed by atoms with Crippen LogP contribution in [0.5, 0.6) is 0 Å². The lowest BCUT2D eigenvalue weighted by molar-refractivity contribution is 1.35. The van der Waals surface area contributed by atoms with Gasteiger partial charge in [0.15, 0.2) is 10.2 Å². The van der Waals surface area contributed by atoms with E-state index in [1.165, 1.54) is 21.4 Å². The first-order valence-electron chi connectivity index (χ1n) is 7.04. The van der Waals surface area contributed by atoms with Crippen LogP contribution in [0, 0.1) is 20.8 Å². The number of nitrogens with one attached hydrogen (secondary N) is 2. The highest BCUT2D eigenvalue weighted by atomic mass is 32.1. The van der Waals surface area contributed by atoms with Gasteiger partial charge in [-0.25, -0.2) is 4.98 Å². The van der Waals surface area contributed by atoms with Crippen LogP contribution in [-0.4, -0.2) is 10.1 Å². The predicted octanol–water partition coefficient (Wildman–Crippen LogP) is 5.03. The molecule has 0 aliphatic rings. The fourth-order valence-electron chi connectivity index (χ4n) is 2.13. The van der Waals surface area contributed by atoms with Crippen LogP contribution in [0.3, 0.4) is 0 Å². The Morgan fingerprint density at radius 3 is 2.41 bits per heavy atom. The Labute approximate surface area is 139 Å². The van der Waals surface area contributed by atoms with Gasteiger partial charge in [0.25, 0.3) is 0 Å². The Kier molecular flexibility index (Phi) is 4.09. The molecular weight excluding hydrogens is 310 g/mol. The summed E-state index contributed by atoms with van der Waals surface area (Å²) in [6, 6.07) is 12.4. The number of fused-ring (bicyclic) bond motifs is 1. The molecule has 0 radical (unpaired) electrons. The van der Waals surface area contributed by atoms with Gasteiger partial charge in [0, 0.05) is 5.69 Å². The molecule has 0 aliphatic carbocycles. The molecule has 0 bridgehead atoms. The number of nitrogens with zero attached hydrogens (tertiary/aromatic N) is 1. The molecule has 5 heteroatoms. The zero-order valence-electron chi connectivity index (χ0n) is 12.7. The minimum Gasteiger partial charge on any atom is -0.332 e. The number of benzene rings is 2. The van der Waals surface area contributed by atoms with Gasteiger partial charge in [-0.1, -0.05) is 29.0 Å². The van der Waals surface area contributed by atoms with Crippen LogP contribution in [0.4, 0.5) is 10.8 Å². The summed E-state index contributed by atoms with van der Waals surface area (Å²) in [5, 5.41) is 7.69. The number of thiocarbonyl (C=S) groups is 1. The van der Waals surface area contributed by atoms with E-state index in [9.17, 15) is 0 Å². The van der Waals surface area contributed by atoms with E-state index in [0.29, 0.717) is 5.11 Å². The molecular formula is C17H17N3S2. The summed E-state index contributed by atoms with van der Waals surface area (Å²) >= 11 is 6.96. The Balaban J connectivity index is 1.75. The third-order valence-corrected chi connectivity index (χ3v) is 4.67. The lowest BCUT2D eigenvalue weighted by Crippen LogP contribution is -2.18. The van der Waals surface area contributed by atoms with Crippen molar-refractivity contribution >= 4 is 49.7 Å². The molecule has 0 saturated heterocycles. The number of rotatable bonds is 2. The number of thiazole rings is 1. The lowest BCUT2D eigenvalue weighted by Gasteiger charge is -2.08. The smallest absolute Gasteiger partial charge is 0.190 e. The van der Waals surface area contributed by atoms with E-state index in [1.54, 1.807) is 11.3 Å². The van der Waals surface area contributed by atoms with Crippen molar-refractivity contribution in [1.82, 2.24) is 4.98 Å². The highest BCUT2D eigenvalue weighted by Crippen LogP contribution is 2.28. The summed E-state index contributed by atoms with van der Waals surface area (Å²) < 4.78 is 1.17. The first-order valence-corrected chi connectivity index (χ1v) is 8.26. The summed E-state index contributed by atoms with van der Waals surface area (Å²) in [5.41, 5.74) is 5.73. The van der Waals surface area contributed by atoms with E-state index < -0.39 is 0 Å². The van der Waals surface area contributed by atoms with Crippen molar-refractivity contribution in [3.05, 3.63) is 53.1 Å². The highest BCUT2D eigenvalue weighted by molar-refractivity contribution is 7.80. The van der Waals surface area contributed by atoms with Gasteiger partial charge in [-0.3, -0.25) is 0 Å². The van der Waals surface area contributed by atoms with E-state index in [-0.39, 0.29) is 0 Å². The minimum absolute atomic E-state index is 0.552. The first-order chi connectivity index (χ1) is 10.5. The largest absolute Gasteiger partial charge is 0.332 e.